The van der Waals surface area contributed by atoms with Crippen molar-refractivity contribution < 1.29 is 27.5 Å². The van der Waals surface area contributed by atoms with Crippen LogP contribution in [-0.2, 0) is 4.79 Å². The Kier molecular flexibility index (Phi) is 3.23. The van der Waals surface area contributed by atoms with Crippen LogP contribution in [-0.4, -0.2) is 40.9 Å². The summed E-state index contributed by atoms with van der Waals surface area (Å²) in [6.45, 7) is 0.492. The third kappa shape index (κ3) is 2.53. The number of benzene rings is 1. The van der Waals surface area contributed by atoms with E-state index in [1.165, 1.54) is 28.8 Å². The number of amides is 3. The predicted octanol–water partition coefficient (Wildman–Crippen LogP) is 2.43. The van der Waals surface area contributed by atoms with Gasteiger partial charge in [0.15, 0.2) is 5.37 Å². The van der Waals surface area contributed by atoms with Crippen molar-refractivity contribution in [1.82, 2.24) is 4.90 Å². The number of carbonyl (C=O) groups is 2. The number of anilines is 1. The SMILES string of the molecule is O=C1C2SCCN2C(=O)N1c1ccc(OC(F)(F)F)cc1. The summed E-state index contributed by atoms with van der Waals surface area (Å²) in [5, 5.41) is -0.524. The molecular weight excluding hydrogens is 309 g/mol. The van der Waals surface area contributed by atoms with Crippen LogP contribution in [0, 0.1) is 0 Å². The molecule has 0 spiro atoms. The monoisotopic (exact) mass is 318 g/mol. The third-order valence-corrected chi connectivity index (χ3v) is 4.28. The van der Waals surface area contributed by atoms with E-state index in [4.69, 9.17) is 0 Å². The molecule has 9 heteroatoms. The number of ether oxygens (including phenoxy) is 1. The third-order valence-electron chi connectivity index (χ3n) is 3.09. The fraction of sp³-hybridized carbons (Fsp3) is 0.333. The van der Waals surface area contributed by atoms with Crippen molar-refractivity contribution in [3.05, 3.63) is 24.3 Å². The zero-order valence-electron chi connectivity index (χ0n) is 10.5. The average molecular weight is 318 g/mol. The maximum Gasteiger partial charge on any atom is 0.573 e. The highest BCUT2D eigenvalue weighted by atomic mass is 32.2. The second-order valence-electron chi connectivity index (χ2n) is 4.41. The maximum absolute atomic E-state index is 12.1. The summed E-state index contributed by atoms with van der Waals surface area (Å²) in [7, 11) is 0. The van der Waals surface area contributed by atoms with Crippen LogP contribution in [0.25, 0.3) is 0 Å². The van der Waals surface area contributed by atoms with E-state index in [0.29, 0.717) is 12.3 Å². The van der Waals surface area contributed by atoms with Crippen molar-refractivity contribution in [1.29, 1.82) is 0 Å². The van der Waals surface area contributed by atoms with Gasteiger partial charge in [-0.1, -0.05) is 0 Å². The Morgan fingerprint density at radius 2 is 1.86 bits per heavy atom. The number of alkyl halides is 3. The molecule has 0 radical (unpaired) electrons. The Balaban J connectivity index is 1.81. The van der Waals surface area contributed by atoms with Crippen molar-refractivity contribution in [3.63, 3.8) is 0 Å². The maximum atomic E-state index is 12.1. The Labute approximate surface area is 121 Å². The van der Waals surface area contributed by atoms with Gasteiger partial charge < -0.3 is 9.64 Å². The zero-order chi connectivity index (χ0) is 15.2. The number of thioether (sulfide) groups is 1. The molecule has 0 saturated carbocycles. The van der Waals surface area contributed by atoms with E-state index in [2.05, 4.69) is 4.74 Å². The molecule has 2 aliphatic rings. The number of hydrogen-bond acceptors (Lipinski definition) is 4. The van der Waals surface area contributed by atoms with Crippen molar-refractivity contribution >= 4 is 29.4 Å². The van der Waals surface area contributed by atoms with Gasteiger partial charge in [-0.2, -0.15) is 0 Å². The number of carbonyl (C=O) groups excluding carboxylic acids is 2. The Morgan fingerprint density at radius 1 is 1.19 bits per heavy atom. The standard InChI is InChI=1S/C12H9F3N2O3S/c13-12(14,15)20-8-3-1-7(2-4-8)17-9(18)10-16(11(17)19)5-6-21-10/h1-4,10H,5-6H2. The van der Waals surface area contributed by atoms with Crippen LogP contribution in [0.1, 0.15) is 0 Å². The largest absolute Gasteiger partial charge is 0.573 e. The summed E-state index contributed by atoms with van der Waals surface area (Å²) >= 11 is 1.37. The molecule has 0 N–H and O–H groups in total. The highest BCUT2D eigenvalue weighted by molar-refractivity contribution is 8.00. The highest BCUT2D eigenvalue weighted by Gasteiger charge is 2.48. The molecule has 5 nitrogen and oxygen atoms in total. The Bertz CT molecular complexity index is 568. The number of rotatable bonds is 2. The number of halogens is 3. The van der Waals surface area contributed by atoms with Gasteiger partial charge in [-0.05, 0) is 24.3 Å². The first-order valence-electron chi connectivity index (χ1n) is 5.99. The number of hydrogen-bond donors (Lipinski definition) is 0. The summed E-state index contributed by atoms with van der Waals surface area (Å²) in [4.78, 5) is 26.7. The first-order chi connectivity index (χ1) is 9.87. The first-order valence-corrected chi connectivity index (χ1v) is 7.04. The van der Waals surface area contributed by atoms with E-state index >= 15 is 0 Å². The minimum absolute atomic E-state index is 0.231. The number of fused-ring (bicyclic) bond motifs is 1. The summed E-state index contributed by atoms with van der Waals surface area (Å²) < 4.78 is 40.0. The van der Waals surface area contributed by atoms with E-state index in [1.807, 2.05) is 0 Å². The molecule has 2 heterocycles. The molecule has 1 atom stereocenters. The molecule has 0 aliphatic carbocycles. The van der Waals surface area contributed by atoms with E-state index in [9.17, 15) is 22.8 Å². The number of nitrogens with zero attached hydrogens (tertiary/aromatic N) is 2. The molecular formula is C12H9F3N2O3S. The van der Waals surface area contributed by atoms with Gasteiger partial charge in [-0.25, -0.2) is 9.69 Å². The van der Waals surface area contributed by atoms with Gasteiger partial charge in [0, 0.05) is 12.3 Å². The normalized spacial score (nSPS) is 22.0. The van der Waals surface area contributed by atoms with Crippen molar-refractivity contribution in [3.8, 4) is 5.75 Å². The van der Waals surface area contributed by atoms with Crippen LogP contribution in [0.4, 0.5) is 23.7 Å². The van der Waals surface area contributed by atoms with E-state index in [0.717, 1.165) is 17.0 Å². The fourth-order valence-corrected chi connectivity index (χ4v) is 3.39. The lowest BCUT2D eigenvalue weighted by atomic mass is 10.3. The molecule has 1 unspecified atom stereocenters. The molecule has 3 amide bonds. The molecule has 21 heavy (non-hydrogen) atoms. The van der Waals surface area contributed by atoms with Crippen LogP contribution >= 0.6 is 11.8 Å². The lowest BCUT2D eigenvalue weighted by molar-refractivity contribution is -0.274. The molecule has 2 fully saturated rings. The minimum atomic E-state index is -4.78. The van der Waals surface area contributed by atoms with Gasteiger partial charge >= 0.3 is 12.4 Å². The van der Waals surface area contributed by atoms with Gasteiger partial charge in [-0.15, -0.1) is 24.9 Å². The van der Waals surface area contributed by atoms with Gasteiger partial charge in [0.25, 0.3) is 5.91 Å². The van der Waals surface area contributed by atoms with Crippen LogP contribution in [0.5, 0.6) is 5.75 Å². The van der Waals surface area contributed by atoms with Gasteiger partial charge in [0.05, 0.1) is 5.69 Å². The van der Waals surface area contributed by atoms with Gasteiger partial charge in [-0.3, -0.25) is 4.79 Å². The zero-order valence-corrected chi connectivity index (χ0v) is 11.3. The summed E-state index contributed by atoms with van der Waals surface area (Å²) in [5.74, 6) is -0.0684. The van der Waals surface area contributed by atoms with Crippen molar-refractivity contribution in [2.24, 2.45) is 0 Å². The summed E-state index contributed by atoms with van der Waals surface area (Å²) in [6, 6.07) is 4.20. The highest BCUT2D eigenvalue weighted by Crippen LogP contribution is 2.35. The van der Waals surface area contributed by atoms with E-state index < -0.39 is 23.5 Å². The van der Waals surface area contributed by atoms with Crippen LogP contribution < -0.4 is 9.64 Å². The Morgan fingerprint density at radius 3 is 2.43 bits per heavy atom. The van der Waals surface area contributed by atoms with E-state index in [1.54, 1.807) is 0 Å². The predicted molar refractivity (Wildman–Crippen MR) is 69.0 cm³/mol. The Hall–Kier alpha value is -1.90. The van der Waals surface area contributed by atoms with Crippen LogP contribution in [0.2, 0.25) is 0 Å². The van der Waals surface area contributed by atoms with Gasteiger partial charge in [0.1, 0.15) is 5.75 Å². The molecule has 1 aromatic carbocycles. The average Bonchev–Trinajstić information content (AvgIpc) is 2.95. The van der Waals surface area contributed by atoms with Crippen LogP contribution in [0.15, 0.2) is 24.3 Å². The summed E-state index contributed by atoms with van der Waals surface area (Å²) in [6.07, 6.45) is -4.78. The fourth-order valence-electron chi connectivity index (χ4n) is 2.24. The smallest absolute Gasteiger partial charge is 0.406 e. The number of imide groups is 1. The van der Waals surface area contributed by atoms with Crippen LogP contribution in [0.3, 0.4) is 0 Å². The molecule has 3 rings (SSSR count). The topological polar surface area (TPSA) is 49.9 Å². The quantitative estimate of drug-likeness (QED) is 0.786. The molecule has 2 saturated heterocycles. The molecule has 0 bridgehead atoms. The molecule has 1 aromatic rings. The lowest BCUT2D eigenvalue weighted by Gasteiger charge is -2.16. The molecule has 0 aromatic heterocycles. The van der Waals surface area contributed by atoms with Crippen molar-refractivity contribution in [2.75, 3.05) is 17.2 Å². The second-order valence-corrected chi connectivity index (χ2v) is 5.60. The lowest BCUT2D eigenvalue weighted by Crippen LogP contribution is -2.33. The van der Waals surface area contributed by atoms with E-state index in [-0.39, 0.29) is 11.6 Å². The van der Waals surface area contributed by atoms with Gasteiger partial charge in [0.2, 0.25) is 0 Å². The second kappa shape index (κ2) is 4.83. The number of urea groups is 1. The summed E-state index contributed by atoms with van der Waals surface area (Å²) in [5.41, 5.74) is 0.231. The molecule has 112 valence electrons. The first kappa shape index (κ1) is 14.1. The minimum Gasteiger partial charge on any atom is -0.406 e. The van der Waals surface area contributed by atoms with Crippen molar-refractivity contribution in [2.45, 2.75) is 11.7 Å². The molecule has 2 aliphatic heterocycles.